The van der Waals surface area contributed by atoms with Crippen LogP contribution in [0.15, 0.2) is 18.2 Å². The second kappa shape index (κ2) is 4.80. The first-order chi connectivity index (χ1) is 8.62. The van der Waals surface area contributed by atoms with E-state index in [2.05, 4.69) is 75.7 Å². The number of rotatable bonds is 2. The second-order valence-corrected chi connectivity index (χ2v) is 8.49. The van der Waals surface area contributed by atoms with E-state index in [4.69, 9.17) is 4.74 Å². The summed E-state index contributed by atoms with van der Waals surface area (Å²) in [4.78, 5) is 0.563. The van der Waals surface area contributed by atoms with Gasteiger partial charge in [-0.05, 0) is 30.4 Å². The summed E-state index contributed by atoms with van der Waals surface area (Å²) < 4.78 is 6.32. The van der Waals surface area contributed by atoms with Crippen LogP contribution in [0.25, 0.3) is 0 Å². The highest BCUT2D eigenvalue weighted by atomic mass is 79.9. The van der Waals surface area contributed by atoms with Crippen molar-refractivity contribution < 1.29 is 4.74 Å². The van der Waals surface area contributed by atoms with Crippen LogP contribution in [-0.4, -0.2) is 10.9 Å². The third kappa shape index (κ3) is 2.84. The van der Waals surface area contributed by atoms with E-state index in [9.17, 15) is 0 Å². The van der Waals surface area contributed by atoms with E-state index >= 15 is 0 Å². The number of halogens is 1. The lowest BCUT2D eigenvalue weighted by Crippen LogP contribution is -2.53. The Bertz CT molecular complexity index is 471. The highest BCUT2D eigenvalue weighted by molar-refractivity contribution is 9.09. The molecule has 1 aliphatic carbocycles. The van der Waals surface area contributed by atoms with Gasteiger partial charge < -0.3 is 4.74 Å². The maximum Gasteiger partial charge on any atom is 0.123 e. The molecule has 2 rings (SSSR count). The molecule has 1 aliphatic rings. The molecule has 1 saturated carbocycles. The summed E-state index contributed by atoms with van der Waals surface area (Å²) >= 11 is 3.73. The van der Waals surface area contributed by atoms with Crippen molar-refractivity contribution in [1.29, 1.82) is 0 Å². The molecular formula is C17H25BrO. The minimum absolute atomic E-state index is 0.114. The Kier molecular flexibility index (Phi) is 3.77. The van der Waals surface area contributed by atoms with Crippen LogP contribution < -0.4 is 4.74 Å². The summed E-state index contributed by atoms with van der Waals surface area (Å²) in [5.74, 6) is 1.05. The normalized spacial score (nSPS) is 25.8. The number of benzene rings is 1. The highest BCUT2D eigenvalue weighted by Crippen LogP contribution is 2.48. The minimum atomic E-state index is 0.114. The lowest BCUT2D eigenvalue weighted by Gasteiger charge is -2.49. The van der Waals surface area contributed by atoms with Crippen molar-refractivity contribution in [3.05, 3.63) is 29.3 Å². The maximum absolute atomic E-state index is 6.32. The predicted octanol–water partition coefficient (Wildman–Crippen LogP) is 5.23. The first-order valence-corrected chi connectivity index (χ1v) is 7.96. The van der Waals surface area contributed by atoms with Gasteiger partial charge in [0.25, 0.3) is 0 Å². The van der Waals surface area contributed by atoms with E-state index in [1.165, 1.54) is 11.1 Å². The molecule has 2 unspecified atom stereocenters. The van der Waals surface area contributed by atoms with Gasteiger partial charge in [-0.25, -0.2) is 0 Å². The molecule has 0 aliphatic heterocycles. The molecule has 0 amide bonds. The zero-order chi connectivity index (χ0) is 14.4. The molecule has 1 aromatic carbocycles. The summed E-state index contributed by atoms with van der Waals surface area (Å²) in [6.45, 7) is 13.4. The second-order valence-electron chi connectivity index (χ2n) is 7.38. The minimum Gasteiger partial charge on any atom is -0.489 e. The molecular weight excluding hydrogens is 300 g/mol. The van der Waals surface area contributed by atoms with Crippen molar-refractivity contribution in [2.24, 2.45) is 5.41 Å². The van der Waals surface area contributed by atoms with E-state index < -0.39 is 0 Å². The van der Waals surface area contributed by atoms with Gasteiger partial charge in [0, 0.05) is 10.2 Å². The molecule has 0 N–H and O–H groups in total. The van der Waals surface area contributed by atoms with Gasteiger partial charge in [-0.1, -0.05) is 68.2 Å². The fraction of sp³-hybridized carbons (Fsp3) is 0.647. The molecule has 1 fully saturated rings. The van der Waals surface area contributed by atoms with Crippen LogP contribution >= 0.6 is 15.9 Å². The molecule has 0 heterocycles. The van der Waals surface area contributed by atoms with Gasteiger partial charge >= 0.3 is 0 Å². The quantitative estimate of drug-likeness (QED) is 0.676. The van der Waals surface area contributed by atoms with Gasteiger partial charge in [0.15, 0.2) is 0 Å². The molecule has 0 bridgehead atoms. The molecule has 2 heteroatoms. The third-order valence-corrected chi connectivity index (χ3v) is 5.82. The van der Waals surface area contributed by atoms with E-state index in [0.717, 1.165) is 12.2 Å². The summed E-state index contributed by atoms with van der Waals surface area (Å²) in [5.41, 5.74) is 2.92. The molecule has 0 radical (unpaired) electrons. The maximum atomic E-state index is 6.32. The highest BCUT2D eigenvalue weighted by Gasteiger charge is 2.48. The Labute approximate surface area is 125 Å². The van der Waals surface area contributed by atoms with Gasteiger partial charge in [0.05, 0.1) is 0 Å². The fourth-order valence-electron chi connectivity index (χ4n) is 2.52. The lowest BCUT2D eigenvalue weighted by atomic mass is 9.69. The zero-order valence-corrected chi connectivity index (χ0v) is 14.5. The molecule has 2 atom stereocenters. The number of hydrogen-bond donors (Lipinski definition) is 0. The number of ether oxygens (including phenoxy) is 1. The molecule has 106 valence electrons. The van der Waals surface area contributed by atoms with Crippen molar-refractivity contribution >= 4 is 15.9 Å². The summed E-state index contributed by atoms with van der Waals surface area (Å²) in [6.07, 6.45) is 1.39. The van der Waals surface area contributed by atoms with E-state index in [1.807, 2.05) is 0 Å². The number of aryl methyl sites for hydroxylation is 1. The smallest absolute Gasteiger partial charge is 0.123 e. The largest absolute Gasteiger partial charge is 0.489 e. The van der Waals surface area contributed by atoms with Crippen molar-refractivity contribution in [3.8, 4) is 5.75 Å². The Morgan fingerprint density at radius 1 is 1.26 bits per heavy atom. The topological polar surface area (TPSA) is 9.23 Å². The van der Waals surface area contributed by atoms with Gasteiger partial charge in [-0.2, -0.15) is 0 Å². The Balaban J connectivity index is 2.27. The van der Waals surface area contributed by atoms with Gasteiger partial charge in [0.1, 0.15) is 11.9 Å². The van der Waals surface area contributed by atoms with Crippen molar-refractivity contribution in [2.75, 3.05) is 0 Å². The molecule has 1 nitrogen and oxygen atoms in total. The van der Waals surface area contributed by atoms with E-state index in [0.29, 0.717) is 10.9 Å². The monoisotopic (exact) mass is 324 g/mol. The molecule has 19 heavy (non-hydrogen) atoms. The SMILES string of the molecule is Cc1ccc(OC2CC(Br)C2(C)C)c(C(C)(C)C)c1. The lowest BCUT2D eigenvalue weighted by molar-refractivity contribution is -0.00889. The van der Waals surface area contributed by atoms with E-state index in [-0.39, 0.29) is 10.8 Å². The average Bonchev–Trinajstić information content (AvgIpc) is 2.29. The first kappa shape index (κ1) is 14.9. The van der Waals surface area contributed by atoms with Crippen molar-refractivity contribution in [1.82, 2.24) is 0 Å². The summed E-state index contributed by atoms with van der Waals surface area (Å²) in [5, 5.41) is 0. The van der Waals surface area contributed by atoms with Gasteiger partial charge in [-0.3, -0.25) is 0 Å². The number of hydrogen-bond acceptors (Lipinski definition) is 1. The molecule has 0 saturated heterocycles. The molecule has 1 aromatic rings. The van der Waals surface area contributed by atoms with Crippen LogP contribution in [-0.2, 0) is 5.41 Å². The van der Waals surface area contributed by atoms with Crippen molar-refractivity contribution in [2.45, 2.75) is 64.3 Å². The Morgan fingerprint density at radius 2 is 1.89 bits per heavy atom. The van der Waals surface area contributed by atoms with Crippen LogP contribution in [0.1, 0.15) is 52.2 Å². The summed E-state index contributed by atoms with van der Waals surface area (Å²) in [6, 6.07) is 6.53. The molecule has 0 spiro atoms. The average molecular weight is 325 g/mol. The Morgan fingerprint density at radius 3 is 2.37 bits per heavy atom. The zero-order valence-electron chi connectivity index (χ0n) is 12.9. The number of alkyl halides is 1. The van der Waals surface area contributed by atoms with Crippen LogP contribution in [0.5, 0.6) is 5.75 Å². The van der Waals surface area contributed by atoms with Gasteiger partial charge in [0.2, 0.25) is 0 Å². The predicted molar refractivity (Wildman–Crippen MR) is 85.4 cm³/mol. The van der Waals surface area contributed by atoms with Crippen LogP contribution in [0.4, 0.5) is 0 Å². The van der Waals surface area contributed by atoms with Crippen LogP contribution in [0.3, 0.4) is 0 Å². The van der Waals surface area contributed by atoms with Crippen molar-refractivity contribution in [3.63, 3.8) is 0 Å². The molecule has 0 aromatic heterocycles. The van der Waals surface area contributed by atoms with Crippen LogP contribution in [0.2, 0.25) is 0 Å². The van der Waals surface area contributed by atoms with E-state index in [1.54, 1.807) is 0 Å². The van der Waals surface area contributed by atoms with Crippen LogP contribution in [0, 0.1) is 12.3 Å². The first-order valence-electron chi connectivity index (χ1n) is 7.04. The standard InChI is InChI=1S/C17H25BrO/c1-11-7-8-13(12(9-11)16(2,3)4)19-15-10-14(18)17(15,5)6/h7-9,14-15H,10H2,1-6H3. The third-order valence-electron chi connectivity index (χ3n) is 4.27. The fourth-order valence-corrected chi connectivity index (χ4v) is 3.16. The summed E-state index contributed by atoms with van der Waals surface area (Å²) in [7, 11) is 0. The van der Waals surface area contributed by atoms with Gasteiger partial charge in [-0.15, -0.1) is 0 Å². The Hall–Kier alpha value is -0.500.